The van der Waals surface area contributed by atoms with E-state index in [1.807, 2.05) is 0 Å². The van der Waals surface area contributed by atoms with Crippen LogP contribution in [-0.4, -0.2) is 47.4 Å². The van der Waals surface area contributed by atoms with Crippen LogP contribution < -0.4 is 20.9 Å². The molecule has 0 radical (unpaired) electrons. The second-order valence-electron chi connectivity index (χ2n) is 5.53. The molecule has 0 bridgehead atoms. The number of aromatic nitrogens is 1. The van der Waals surface area contributed by atoms with Gasteiger partial charge >= 0.3 is 12.1 Å². The van der Waals surface area contributed by atoms with Gasteiger partial charge in [-0.15, -0.1) is 0 Å². The summed E-state index contributed by atoms with van der Waals surface area (Å²) in [5.74, 6) is -2.69. The molecule has 8 nitrogen and oxygen atoms in total. The Hall–Kier alpha value is -2.56. The number of aliphatic carboxylic acids is 1. The van der Waals surface area contributed by atoms with Gasteiger partial charge in [-0.25, -0.2) is 4.79 Å². The number of hydrogen-bond donors (Lipinski definition) is 3. The quantitative estimate of drug-likeness (QED) is 0.720. The van der Waals surface area contributed by atoms with Crippen molar-refractivity contribution in [3.63, 3.8) is 0 Å². The van der Waals surface area contributed by atoms with Crippen molar-refractivity contribution < 1.29 is 37.3 Å². The maximum Gasteiger partial charge on any atom is 0.490 e. The maximum absolute atomic E-state index is 11.2. The Bertz CT molecular complexity index is 631. The van der Waals surface area contributed by atoms with E-state index < -0.39 is 18.1 Å². The van der Waals surface area contributed by atoms with Crippen LogP contribution >= 0.6 is 0 Å². The third-order valence-electron chi connectivity index (χ3n) is 3.54. The predicted molar refractivity (Wildman–Crippen MR) is 83.9 cm³/mol. The number of halogens is 3. The lowest BCUT2D eigenvalue weighted by Crippen LogP contribution is -2.31. The smallest absolute Gasteiger partial charge is 0.480 e. The lowest BCUT2D eigenvalue weighted by atomic mass is 9.94. The summed E-state index contributed by atoms with van der Waals surface area (Å²) in [7, 11) is 1.44. The summed E-state index contributed by atoms with van der Waals surface area (Å²) in [5, 5.41) is 7.12. The first-order valence-corrected chi connectivity index (χ1v) is 7.61. The van der Waals surface area contributed by atoms with Crippen LogP contribution in [0.25, 0.3) is 0 Å². The van der Waals surface area contributed by atoms with Gasteiger partial charge in [-0.2, -0.15) is 18.2 Å². The highest BCUT2D eigenvalue weighted by Crippen LogP contribution is 2.24. The number of alkyl halides is 3. The molecule has 1 aromatic rings. The summed E-state index contributed by atoms with van der Waals surface area (Å²) in [5.41, 5.74) is 11.3. The van der Waals surface area contributed by atoms with Gasteiger partial charge in [0.15, 0.2) is 0 Å². The number of methoxy groups -OCH3 is 1. The predicted octanol–water partition coefficient (Wildman–Crippen LogP) is 1.47. The van der Waals surface area contributed by atoms with E-state index in [0.29, 0.717) is 5.88 Å². The number of carbonyl (C=O) groups is 2. The van der Waals surface area contributed by atoms with Gasteiger partial charge in [0.25, 0.3) is 5.91 Å². The van der Waals surface area contributed by atoms with Crippen molar-refractivity contribution in [2.75, 3.05) is 7.11 Å². The van der Waals surface area contributed by atoms with Crippen molar-refractivity contribution in [1.29, 1.82) is 0 Å². The minimum absolute atomic E-state index is 0.122. The molecule has 0 unspecified atom stereocenters. The molecule has 5 N–H and O–H groups in total. The Kier molecular flexibility index (Phi) is 7.62. The highest BCUT2D eigenvalue weighted by molar-refractivity contribution is 5.95. The van der Waals surface area contributed by atoms with Gasteiger partial charge in [0, 0.05) is 12.1 Å². The standard InChI is InChI=1S/C13H19N3O3.C2HF3O2/c1-18-13-10(12(15)17)6-7-11(16-13)19-9-4-2-8(14)3-5-9;3-2(4,5)1(6)7/h6-9H,2-5,14H2,1H3,(H2,15,17);(H,6,7)/t8-,9-;. The van der Waals surface area contributed by atoms with Gasteiger partial charge in [0.2, 0.25) is 11.8 Å². The van der Waals surface area contributed by atoms with E-state index in [1.54, 1.807) is 12.1 Å². The van der Waals surface area contributed by atoms with Crippen molar-refractivity contribution >= 4 is 11.9 Å². The second kappa shape index (κ2) is 9.22. The average Bonchev–Trinajstić information content (AvgIpc) is 2.56. The summed E-state index contributed by atoms with van der Waals surface area (Å²) >= 11 is 0. The first-order valence-electron chi connectivity index (χ1n) is 7.61. The Morgan fingerprint density at radius 2 is 1.77 bits per heavy atom. The van der Waals surface area contributed by atoms with Crippen LogP contribution in [0, 0.1) is 0 Å². The van der Waals surface area contributed by atoms with E-state index >= 15 is 0 Å². The van der Waals surface area contributed by atoms with Crippen molar-refractivity contribution in [1.82, 2.24) is 4.98 Å². The fraction of sp³-hybridized carbons (Fsp3) is 0.533. The number of hydrogen-bond acceptors (Lipinski definition) is 6. The number of carbonyl (C=O) groups excluding carboxylic acids is 1. The van der Waals surface area contributed by atoms with Crippen LogP contribution in [-0.2, 0) is 4.79 Å². The van der Waals surface area contributed by atoms with Crippen molar-refractivity contribution in [2.45, 2.75) is 44.0 Å². The molecule has 1 aliphatic carbocycles. The molecule has 1 fully saturated rings. The minimum Gasteiger partial charge on any atom is -0.480 e. The van der Waals surface area contributed by atoms with E-state index in [0.717, 1.165) is 25.7 Å². The molecule has 0 aromatic carbocycles. The zero-order valence-corrected chi connectivity index (χ0v) is 14.0. The van der Waals surface area contributed by atoms with Crippen LogP contribution in [0.3, 0.4) is 0 Å². The third kappa shape index (κ3) is 6.75. The number of pyridine rings is 1. The largest absolute Gasteiger partial charge is 0.490 e. The number of rotatable bonds is 4. The normalized spacial score (nSPS) is 19.7. The summed E-state index contributed by atoms with van der Waals surface area (Å²) in [6, 6.07) is 3.48. The Morgan fingerprint density at radius 1 is 1.23 bits per heavy atom. The Morgan fingerprint density at radius 3 is 2.19 bits per heavy atom. The Balaban J connectivity index is 0.000000412. The molecule has 0 aliphatic heterocycles. The highest BCUT2D eigenvalue weighted by Gasteiger charge is 2.38. The number of amides is 1. The fourth-order valence-electron chi connectivity index (χ4n) is 2.21. The van der Waals surface area contributed by atoms with Crippen LogP contribution in [0.5, 0.6) is 11.8 Å². The number of carboxylic acids is 1. The lowest BCUT2D eigenvalue weighted by Gasteiger charge is -2.26. The number of nitrogens with two attached hydrogens (primary N) is 2. The van der Waals surface area contributed by atoms with Crippen LogP contribution in [0.2, 0.25) is 0 Å². The minimum atomic E-state index is -5.08. The SMILES string of the molecule is COc1nc(O[C@H]2CC[C@H](N)CC2)ccc1C(N)=O.O=C(O)C(F)(F)F. The molecule has 1 amide bonds. The second-order valence-corrected chi connectivity index (χ2v) is 5.53. The molecule has 0 atom stereocenters. The topological polar surface area (TPSA) is 138 Å². The van der Waals surface area contributed by atoms with E-state index in [-0.39, 0.29) is 23.6 Å². The molecule has 2 rings (SSSR count). The summed E-state index contributed by atoms with van der Waals surface area (Å²) < 4.78 is 42.6. The van der Waals surface area contributed by atoms with Crippen molar-refractivity contribution in [3.05, 3.63) is 17.7 Å². The number of carboxylic acid groups (broad SMARTS) is 1. The van der Waals surface area contributed by atoms with Gasteiger partial charge in [-0.3, -0.25) is 4.79 Å². The van der Waals surface area contributed by atoms with E-state index in [2.05, 4.69) is 4.98 Å². The van der Waals surface area contributed by atoms with Crippen LogP contribution in [0.4, 0.5) is 13.2 Å². The zero-order valence-electron chi connectivity index (χ0n) is 14.0. The Labute approximate surface area is 147 Å². The van der Waals surface area contributed by atoms with Crippen LogP contribution in [0.15, 0.2) is 12.1 Å². The molecule has 146 valence electrons. The van der Waals surface area contributed by atoms with Crippen molar-refractivity contribution in [2.24, 2.45) is 11.5 Å². The zero-order chi connectivity index (χ0) is 19.9. The number of primary amides is 1. The molecule has 0 saturated heterocycles. The lowest BCUT2D eigenvalue weighted by molar-refractivity contribution is -0.192. The monoisotopic (exact) mass is 379 g/mol. The first-order chi connectivity index (χ1) is 12.0. The first kappa shape index (κ1) is 21.5. The molecule has 1 saturated carbocycles. The van der Waals surface area contributed by atoms with Gasteiger partial charge in [0.1, 0.15) is 11.7 Å². The van der Waals surface area contributed by atoms with E-state index in [4.69, 9.17) is 30.8 Å². The molecule has 11 heteroatoms. The molecule has 0 spiro atoms. The summed E-state index contributed by atoms with van der Waals surface area (Å²) in [6.07, 6.45) is -1.20. The summed E-state index contributed by atoms with van der Waals surface area (Å²) in [6.45, 7) is 0. The number of ether oxygens (including phenoxy) is 2. The molecule has 1 aliphatic rings. The van der Waals surface area contributed by atoms with E-state index in [9.17, 15) is 18.0 Å². The van der Waals surface area contributed by atoms with Gasteiger partial charge in [-0.05, 0) is 31.7 Å². The van der Waals surface area contributed by atoms with E-state index in [1.165, 1.54) is 7.11 Å². The average molecular weight is 379 g/mol. The maximum atomic E-state index is 11.2. The van der Waals surface area contributed by atoms with Gasteiger partial charge < -0.3 is 26.0 Å². The molecule has 1 aromatic heterocycles. The third-order valence-corrected chi connectivity index (χ3v) is 3.54. The summed E-state index contributed by atoms with van der Waals surface area (Å²) in [4.78, 5) is 24.2. The van der Waals surface area contributed by atoms with Gasteiger partial charge in [-0.1, -0.05) is 0 Å². The molecular weight excluding hydrogens is 359 g/mol. The molecular formula is C15H20F3N3O5. The fourth-order valence-corrected chi connectivity index (χ4v) is 2.21. The molecule has 26 heavy (non-hydrogen) atoms. The van der Waals surface area contributed by atoms with Gasteiger partial charge in [0.05, 0.1) is 7.11 Å². The number of nitrogens with zero attached hydrogens (tertiary/aromatic N) is 1. The van der Waals surface area contributed by atoms with Crippen LogP contribution in [0.1, 0.15) is 36.0 Å². The molecule has 1 heterocycles. The highest BCUT2D eigenvalue weighted by atomic mass is 19.4. The van der Waals surface area contributed by atoms with Crippen molar-refractivity contribution in [3.8, 4) is 11.8 Å².